The van der Waals surface area contributed by atoms with E-state index in [1.165, 1.54) is 24.0 Å². The fraction of sp³-hybridized carbons (Fsp3) is 0.538. The zero-order valence-electron chi connectivity index (χ0n) is 9.29. The van der Waals surface area contributed by atoms with Crippen molar-refractivity contribution < 1.29 is 0 Å². The Labute approximate surface area is 87.3 Å². The molecule has 0 aliphatic rings. The maximum Gasteiger partial charge on any atom is 0.0297 e. The average Bonchev–Trinajstić information content (AvgIpc) is 2.25. The van der Waals surface area contributed by atoms with Gasteiger partial charge in [-0.1, -0.05) is 51.0 Å². The minimum absolute atomic E-state index is 0.228. The molecular formula is C13H21N. The molecule has 0 unspecified atom stereocenters. The minimum Gasteiger partial charge on any atom is -0.324 e. The Hall–Kier alpha value is -0.820. The number of rotatable bonds is 5. The van der Waals surface area contributed by atoms with Gasteiger partial charge < -0.3 is 5.73 Å². The zero-order chi connectivity index (χ0) is 10.4. The van der Waals surface area contributed by atoms with E-state index in [4.69, 9.17) is 5.73 Å². The van der Waals surface area contributed by atoms with E-state index < -0.39 is 0 Å². The largest absolute Gasteiger partial charge is 0.324 e. The second kappa shape index (κ2) is 5.82. The van der Waals surface area contributed by atoms with Crippen LogP contribution in [0.4, 0.5) is 0 Å². The molecule has 0 fully saturated rings. The lowest BCUT2D eigenvalue weighted by atomic mass is 9.96. The minimum atomic E-state index is 0.228. The molecule has 0 amide bonds. The Morgan fingerprint density at radius 3 is 2.57 bits per heavy atom. The standard InChI is InChI=1S/C13H21N/c1-3-5-10-13(14)12-9-7-6-8-11(12)4-2/h6-9,13H,3-5,10,14H2,1-2H3/t13-/m1/s1. The predicted octanol–water partition coefficient (Wildman–Crippen LogP) is 3.44. The molecule has 1 nitrogen and oxygen atoms in total. The van der Waals surface area contributed by atoms with Gasteiger partial charge in [0.05, 0.1) is 0 Å². The van der Waals surface area contributed by atoms with E-state index >= 15 is 0 Å². The molecule has 0 spiro atoms. The van der Waals surface area contributed by atoms with Crippen molar-refractivity contribution in [2.45, 2.75) is 45.6 Å². The number of unbranched alkanes of at least 4 members (excludes halogenated alkanes) is 1. The zero-order valence-corrected chi connectivity index (χ0v) is 9.29. The van der Waals surface area contributed by atoms with Gasteiger partial charge in [0.2, 0.25) is 0 Å². The van der Waals surface area contributed by atoms with E-state index in [1.807, 2.05) is 0 Å². The summed E-state index contributed by atoms with van der Waals surface area (Å²) < 4.78 is 0. The third kappa shape index (κ3) is 2.85. The van der Waals surface area contributed by atoms with Gasteiger partial charge in [-0.3, -0.25) is 0 Å². The first-order chi connectivity index (χ1) is 6.79. The summed E-state index contributed by atoms with van der Waals surface area (Å²) >= 11 is 0. The van der Waals surface area contributed by atoms with Gasteiger partial charge in [-0.15, -0.1) is 0 Å². The quantitative estimate of drug-likeness (QED) is 0.758. The molecule has 1 heteroatoms. The molecular weight excluding hydrogens is 170 g/mol. The van der Waals surface area contributed by atoms with E-state index in [1.54, 1.807) is 0 Å². The summed E-state index contributed by atoms with van der Waals surface area (Å²) in [5, 5.41) is 0. The summed E-state index contributed by atoms with van der Waals surface area (Å²) in [6.45, 7) is 4.39. The highest BCUT2D eigenvalue weighted by Gasteiger charge is 2.08. The third-order valence-electron chi connectivity index (χ3n) is 2.70. The maximum absolute atomic E-state index is 6.16. The van der Waals surface area contributed by atoms with Crippen LogP contribution in [0.25, 0.3) is 0 Å². The van der Waals surface area contributed by atoms with Gasteiger partial charge in [0.1, 0.15) is 0 Å². The number of nitrogens with two attached hydrogens (primary N) is 1. The molecule has 1 aromatic rings. The summed E-state index contributed by atoms with van der Waals surface area (Å²) in [4.78, 5) is 0. The second-order valence-corrected chi connectivity index (χ2v) is 3.80. The summed E-state index contributed by atoms with van der Waals surface area (Å²) in [6, 6.07) is 8.75. The Morgan fingerprint density at radius 2 is 1.93 bits per heavy atom. The molecule has 78 valence electrons. The van der Waals surface area contributed by atoms with E-state index in [9.17, 15) is 0 Å². The monoisotopic (exact) mass is 191 g/mol. The van der Waals surface area contributed by atoms with Crippen LogP contribution in [0.5, 0.6) is 0 Å². The molecule has 1 aromatic carbocycles. The van der Waals surface area contributed by atoms with Crippen LogP contribution in [0.1, 0.15) is 50.3 Å². The van der Waals surface area contributed by atoms with E-state index in [0.29, 0.717) is 0 Å². The fourth-order valence-electron chi connectivity index (χ4n) is 1.80. The van der Waals surface area contributed by atoms with Gasteiger partial charge in [-0.2, -0.15) is 0 Å². The van der Waals surface area contributed by atoms with Crippen molar-refractivity contribution in [2.75, 3.05) is 0 Å². The van der Waals surface area contributed by atoms with Crippen LogP contribution in [0, 0.1) is 0 Å². The van der Waals surface area contributed by atoms with E-state index in [0.717, 1.165) is 12.8 Å². The molecule has 0 radical (unpaired) electrons. The lowest BCUT2D eigenvalue weighted by Gasteiger charge is -2.15. The SMILES string of the molecule is CCCC[C@@H](N)c1ccccc1CC. The van der Waals surface area contributed by atoms with Gasteiger partial charge in [-0.05, 0) is 24.0 Å². The molecule has 0 bridgehead atoms. The summed E-state index contributed by atoms with van der Waals surface area (Å²) in [5.41, 5.74) is 8.89. The van der Waals surface area contributed by atoms with Crippen molar-refractivity contribution in [3.63, 3.8) is 0 Å². The van der Waals surface area contributed by atoms with Crippen LogP contribution in [-0.2, 0) is 6.42 Å². The number of hydrogen-bond donors (Lipinski definition) is 1. The van der Waals surface area contributed by atoms with Crippen LogP contribution >= 0.6 is 0 Å². The molecule has 0 aliphatic heterocycles. The van der Waals surface area contributed by atoms with Crippen LogP contribution in [0.3, 0.4) is 0 Å². The van der Waals surface area contributed by atoms with Crippen molar-refractivity contribution in [3.8, 4) is 0 Å². The lowest BCUT2D eigenvalue weighted by molar-refractivity contribution is 0.599. The van der Waals surface area contributed by atoms with Crippen molar-refractivity contribution >= 4 is 0 Å². The molecule has 0 saturated heterocycles. The Kier molecular flexibility index (Phi) is 4.68. The van der Waals surface area contributed by atoms with E-state index in [-0.39, 0.29) is 6.04 Å². The second-order valence-electron chi connectivity index (χ2n) is 3.80. The number of benzene rings is 1. The topological polar surface area (TPSA) is 26.0 Å². The Balaban J connectivity index is 2.72. The number of hydrogen-bond acceptors (Lipinski definition) is 1. The van der Waals surface area contributed by atoms with Crippen molar-refractivity contribution in [3.05, 3.63) is 35.4 Å². The lowest BCUT2D eigenvalue weighted by Crippen LogP contribution is -2.12. The van der Waals surface area contributed by atoms with Crippen LogP contribution < -0.4 is 5.73 Å². The molecule has 0 aliphatic carbocycles. The van der Waals surface area contributed by atoms with Crippen molar-refractivity contribution in [2.24, 2.45) is 5.73 Å². The molecule has 1 rings (SSSR count). The highest BCUT2D eigenvalue weighted by molar-refractivity contribution is 5.29. The fourth-order valence-corrected chi connectivity index (χ4v) is 1.80. The van der Waals surface area contributed by atoms with Gasteiger partial charge in [0.15, 0.2) is 0 Å². The van der Waals surface area contributed by atoms with E-state index in [2.05, 4.69) is 38.1 Å². The average molecular weight is 191 g/mol. The molecule has 2 N–H and O–H groups in total. The molecule has 14 heavy (non-hydrogen) atoms. The van der Waals surface area contributed by atoms with Gasteiger partial charge >= 0.3 is 0 Å². The smallest absolute Gasteiger partial charge is 0.0297 e. The van der Waals surface area contributed by atoms with Crippen molar-refractivity contribution in [1.29, 1.82) is 0 Å². The first kappa shape index (κ1) is 11.3. The van der Waals surface area contributed by atoms with Crippen LogP contribution in [0.2, 0.25) is 0 Å². The summed E-state index contributed by atoms with van der Waals surface area (Å²) in [5.74, 6) is 0. The highest BCUT2D eigenvalue weighted by Crippen LogP contribution is 2.20. The van der Waals surface area contributed by atoms with Crippen LogP contribution in [-0.4, -0.2) is 0 Å². The predicted molar refractivity (Wildman–Crippen MR) is 62.3 cm³/mol. The highest BCUT2D eigenvalue weighted by atomic mass is 14.6. The van der Waals surface area contributed by atoms with Crippen LogP contribution in [0.15, 0.2) is 24.3 Å². The normalized spacial score (nSPS) is 12.8. The molecule has 0 aromatic heterocycles. The molecule has 1 atom stereocenters. The molecule has 0 saturated carbocycles. The third-order valence-corrected chi connectivity index (χ3v) is 2.70. The van der Waals surface area contributed by atoms with Gasteiger partial charge in [0.25, 0.3) is 0 Å². The van der Waals surface area contributed by atoms with Gasteiger partial charge in [0, 0.05) is 6.04 Å². The summed E-state index contributed by atoms with van der Waals surface area (Å²) in [7, 11) is 0. The Bertz CT molecular complexity index is 268. The Morgan fingerprint density at radius 1 is 1.21 bits per heavy atom. The van der Waals surface area contributed by atoms with Gasteiger partial charge in [-0.25, -0.2) is 0 Å². The first-order valence-corrected chi connectivity index (χ1v) is 5.63. The number of aryl methyl sites for hydroxylation is 1. The molecule has 0 heterocycles. The first-order valence-electron chi connectivity index (χ1n) is 5.63. The summed E-state index contributed by atoms with van der Waals surface area (Å²) in [6.07, 6.45) is 4.63. The van der Waals surface area contributed by atoms with Crippen molar-refractivity contribution in [1.82, 2.24) is 0 Å². The maximum atomic E-state index is 6.16.